The number of ether oxygens (including phenoxy) is 1. The van der Waals surface area contributed by atoms with Crippen molar-refractivity contribution in [2.24, 2.45) is 0 Å². The van der Waals surface area contributed by atoms with E-state index in [-0.39, 0.29) is 22.8 Å². The van der Waals surface area contributed by atoms with Gasteiger partial charge in [-0.15, -0.1) is 0 Å². The molecule has 0 fully saturated rings. The van der Waals surface area contributed by atoms with Gasteiger partial charge in [-0.3, -0.25) is 4.79 Å². The lowest BCUT2D eigenvalue weighted by Crippen LogP contribution is -2.06. The summed E-state index contributed by atoms with van der Waals surface area (Å²) in [7, 11) is 1.55. The van der Waals surface area contributed by atoms with Gasteiger partial charge >= 0.3 is 0 Å². The van der Waals surface area contributed by atoms with Crippen LogP contribution in [0.2, 0.25) is 5.02 Å². The first-order chi connectivity index (χ1) is 9.11. The van der Waals surface area contributed by atoms with E-state index >= 15 is 0 Å². The van der Waals surface area contributed by atoms with Gasteiger partial charge in [0.2, 0.25) is 0 Å². The molecular weight excluding hydrogens is 267 g/mol. The fourth-order valence-electron chi connectivity index (χ4n) is 1.78. The number of rotatable bonds is 4. The second-order valence-electron chi connectivity index (χ2n) is 4.05. The van der Waals surface area contributed by atoms with Gasteiger partial charge in [-0.05, 0) is 29.8 Å². The zero-order chi connectivity index (χ0) is 13.8. The van der Waals surface area contributed by atoms with Crippen LogP contribution in [0.3, 0.4) is 0 Å². The van der Waals surface area contributed by atoms with Gasteiger partial charge < -0.3 is 4.74 Å². The third-order valence-electron chi connectivity index (χ3n) is 2.75. The van der Waals surface area contributed by atoms with Crippen molar-refractivity contribution in [3.8, 4) is 5.75 Å². The van der Waals surface area contributed by atoms with E-state index in [0.717, 1.165) is 5.56 Å². The molecule has 2 nitrogen and oxygen atoms in total. The first-order valence-electron chi connectivity index (χ1n) is 5.72. The number of hydrogen-bond acceptors (Lipinski definition) is 2. The molecule has 0 atom stereocenters. The summed E-state index contributed by atoms with van der Waals surface area (Å²) in [5.41, 5.74) is 0.777. The van der Waals surface area contributed by atoms with Gasteiger partial charge in [-0.1, -0.05) is 29.8 Å². The molecule has 0 aliphatic rings. The van der Waals surface area contributed by atoms with Crippen LogP contribution in [-0.2, 0) is 6.42 Å². The number of ketones is 1. The topological polar surface area (TPSA) is 26.3 Å². The highest BCUT2D eigenvalue weighted by atomic mass is 35.5. The molecule has 0 aliphatic carbocycles. The molecular formula is C15H12ClFO2. The molecule has 4 heteroatoms. The van der Waals surface area contributed by atoms with Crippen molar-refractivity contribution < 1.29 is 13.9 Å². The Labute approximate surface area is 115 Å². The van der Waals surface area contributed by atoms with Crippen molar-refractivity contribution in [1.29, 1.82) is 0 Å². The Morgan fingerprint density at radius 3 is 2.74 bits per heavy atom. The second-order valence-corrected chi connectivity index (χ2v) is 4.46. The number of Topliss-reactive ketones (excluding diaryl/α,β-unsaturated/α-hetero) is 1. The summed E-state index contributed by atoms with van der Waals surface area (Å²) in [6.07, 6.45) is 0.106. The van der Waals surface area contributed by atoms with Gasteiger partial charge in [0.1, 0.15) is 5.75 Å². The maximum atomic E-state index is 13.7. The number of carbonyl (C=O) groups is 1. The number of benzene rings is 2. The van der Waals surface area contributed by atoms with E-state index in [0.29, 0.717) is 5.75 Å². The molecule has 0 aliphatic heterocycles. The monoisotopic (exact) mass is 278 g/mol. The molecule has 0 heterocycles. The number of hydrogen-bond donors (Lipinski definition) is 0. The minimum atomic E-state index is -0.669. The highest BCUT2D eigenvalue weighted by Gasteiger charge is 2.14. The molecule has 2 aromatic carbocycles. The quantitative estimate of drug-likeness (QED) is 0.793. The fraction of sp³-hybridized carbons (Fsp3) is 0.133. The zero-order valence-electron chi connectivity index (χ0n) is 10.3. The molecule has 0 bridgehead atoms. The van der Waals surface area contributed by atoms with E-state index < -0.39 is 5.82 Å². The van der Waals surface area contributed by atoms with Gasteiger partial charge in [-0.2, -0.15) is 0 Å². The van der Waals surface area contributed by atoms with Crippen molar-refractivity contribution >= 4 is 17.4 Å². The molecule has 19 heavy (non-hydrogen) atoms. The van der Waals surface area contributed by atoms with Gasteiger partial charge in [0.25, 0.3) is 0 Å². The van der Waals surface area contributed by atoms with Crippen molar-refractivity contribution in [3.05, 3.63) is 64.4 Å². The highest BCUT2D eigenvalue weighted by Crippen LogP contribution is 2.20. The average Bonchev–Trinajstić information content (AvgIpc) is 2.42. The highest BCUT2D eigenvalue weighted by molar-refractivity contribution is 6.31. The Morgan fingerprint density at radius 2 is 2.00 bits per heavy atom. The molecule has 98 valence electrons. The molecule has 0 amide bonds. The van der Waals surface area contributed by atoms with E-state index in [1.54, 1.807) is 37.4 Å². The van der Waals surface area contributed by atoms with E-state index in [9.17, 15) is 9.18 Å². The average molecular weight is 279 g/mol. The van der Waals surface area contributed by atoms with E-state index in [4.69, 9.17) is 16.3 Å². The van der Waals surface area contributed by atoms with Crippen LogP contribution in [0.5, 0.6) is 5.75 Å². The second kappa shape index (κ2) is 5.85. The Hall–Kier alpha value is -1.87. The largest absolute Gasteiger partial charge is 0.497 e. The number of carbonyl (C=O) groups excluding carboxylic acids is 1. The predicted octanol–water partition coefficient (Wildman–Crippen LogP) is 3.91. The first kappa shape index (κ1) is 13.6. The predicted molar refractivity (Wildman–Crippen MR) is 72.4 cm³/mol. The minimum Gasteiger partial charge on any atom is -0.497 e. The van der Waals surface area contributed by atoms with Crippen LogP contribution in [0.4, 0.5) is 4.39 Å². The molecule has 0 saturated carbocycles. The Bertz CT molecular complexity index is 611. The van der Waals surface area contributed by atoms with Crippen LogP contribution >= 0.6 is 11.6 Å². The lowest BCUT2D eigenvalue weighted by molar-refractivity contribution is 0.0989. The molecule has 2 aromatic rings. The van der Waals surface area contributed by atoms with Gasteiger partial charge in [-0.25, -0.2) is 4.39 Å². The van der Waals surface area contributed by atoms with Crippen molar-refractivity contribution in [3.63, 3.8) is 0 Å². The maximum absolute atomic E-state index is 13.7. The normalized spacial score (nSPS) is 10.3. The van der Waals surface area contributed by atoms with E-state index in [1.165, 1.54) is 12.1 Å². The molecule has 0 unspecified atom stereocenters. The zero-order valence-corrected chi connectivity index (χ0v) is 11.1. The molecule has 0 aromatic heterocycles. The van der Waals surface area contributed by atoms with Gasteiger partial charge in [0.05, 0.1) is 17.7 Å². The summed E-state index contributed by atoms with van der Waals surface area (Å²) >= 11 is 5.66. The minimum absolute atomic E-state index is 0.00956. The van der Waals surface area contributed by atoms with E-state index in [1.807, 2.05) is 0 Å². The number of halogens is 2. The van der Waals surface area contributed by atoms with Crippen LogP contribution < -0.4 is 4.74 Å². The maximum Gasteiger partial charge on any atom is 0.170 e. The fourth-order valence-corrected chi connectivity index (χ4v) is 1.96. The Morgan fingerprint density at radius 1 is 1.26 bits per heavy atom. The van der Waals surface area contributed by atoms with Crippen LogP contribution in [0, 0.1) is 5.82 Å². The standard InChI is InChI=1S/C15H12ClFO2/c1-19-11-5-2-4-10(8-11)9-14(18)12-6-3-7-13(16)15(12)17/h2-8H,9H2,1H3. The lowest BCUT2D eigenvalue weighted by Gasteiger charge is -2.05. The third-order valence-corrected chi connectivity index (χ3v) is 3.04. The summed E-state index contributed by atoms with van der Waals surface area (Å²) in [6.45, 7) is 0. The van der Waals surface area contributed by atoms with Crippen LogP contribution in [0.1, 0.15) is 15.9 Å². The summed E-state index contributed by atoms with van der Waals surface area (Å²) in [4.78, 5) is 12.0. The molecule has 0 spiro atoms. The van der Waals surface area contributed by atoms with Crippen LogP contribution in [-0.4, -0.2) is 12.9 Å². The smallest absolute Gasteiger partial charge is 0.170 e. The van der Waals surface area contributed by atoms with Crippen LogP contribution in [0.15, 0.2) is 42.5 Å². The Kier molecular flexibility index (Phi) is 4.17. The number of methoxy groups -OCH3 is 1. The molecule has 2 rings (SSSR count). The Balaban J connectivity index is 2.23. The summed E-state index contributed by atoms with van der Waals surface area (Å²) in [5, 5.41) is -0.0449. The van der Waals surface area contributed by atoms with Crippen molar-refractivity contribution in [2.45, 2.75) is 6.42 Å². The molecule has 0 N–H and O–H groups in total. The summed E-state index contributed by atoms with van der Waals surface area (Å²) in [5.74, 6) is -0.317. The third kappa shape index (κ3) is 3.12. The van der Waals surface area contributed by atoms with Crippen LogP contribution in [0.25, 0.3) is 0 Å². The first-order valence-corrected chi connectivity index (χ1v) is 6.09. The van der Waals surface area contributed by atoms with Crippen molar-refractivity contribution in [1.82, 2.24) is 0 Å². The van der Waals surface area contributed by atoms with Crippen molar-refractivity contribution in [2.75, 3.05) is 7.11 Å². The summed E-state index contributed by atoms with van der Waals surface area (Å²) in [6, 6.07) is 11.5. The SMILES string of the molecule is COc1cccc(CC(=O)c2cccc(Cl)c2F)c1. The van der Waals surface area contributed by atoms with Gasteiger partial charge in [0.15, 0.2) is 11.6 Å². The summed E-state index contributed by atoms with van der Waals surface area (Å²) < 4.78 is 18.8. The van der Waals surface area contributed by atoms with Gasteiger partial charge in [0, 0.05) is 6.42 Å². The lowest BCUT2D eigenvalue weighted by atomic mass is 10.0. The molecule has 0 radical (unpaired) electrons. The molecule has 0 saturated heterocycles. The van der Waals surface area contributed by atoms with E-state index in [2.05, 4.69) is 0 Å².